The molecule has 5 heteroatoms. The Labute approximate surface area is 130 Å². The lowest BCUT2D eigenvalue weighted by atomic mass is 10.2. The van der Waals surface area contributed by atoms with E-state index in [1.54, 1.807) is 7.11 Å². The Morgan fingerprint density at radius 3 is 2.65 bits per heavy atom. The highest BCUT2D eigenvalue weighted by molar-refractivity contribution is 9.10. The second-order valence-corrected chi connectivity index (χ2v) is 5.48. The van der Waals surface area contributed by atoms with Gasteiger partial charge in [0.15, 0.2) is 5.96 Å². The number of rotatable bonds is 7. The number of methoxy groups -OCH3 is 1. The van der Waals surface area contributed by atoms with Crippen LogP contribution < -0.4 is 5.32 Å². The summed E-state index contributed by atoms with van der Waals surface area (Å²) in [5.41, 5.74) is 1.26. The normalized spacial score (nSPS) is 11.5. The largest absolute Gasteiger partial charge is 0.385 e. The number of nitrogens with one attached hydrogen (secondary N) is 1. The molecule has 0 aromatic heterocycles. The number of aliphatic imine (C=N–C) groups is 1. The lowest BCUT2D eigenvalue weighted by Gasteiger charge is -2.22. The van der Waals surface area contributed by atoms with Gasteiger partial charge in [-0.25, -0.2) is 0 Å². The average molecular weight is 342 g/mol. The molecule has 1 aromatic carbocycles. The van der Waals surface area contributed by atoms with E-state index >= 15 is 0 Å². The molecule has 0 fully saturated rings. The van der Waals surface area contributed by atoms with Crippen LogP contribution in [0, 0.1) is 0 Å². The Morgan fingerprint density at radius 1 is 1.35 bits per heavy atom. The summed E-state index contributed by atoms with van der Waals surface area (Å²) in [6.07, 6.45) is 0.942. The molecular weight excluding hydrogens is 318 g/mol. The van der Waals surface area contributed by atoms with Crippen molar-refractivity contribution in [3.05, 3.63) is 34.3 Å². The molecule has 0 saturated heterocycles. The van der Waals surface area contributed by atoms with Crippen LogP contribution in [0.3, 0.4) is 0 Å². The van der Waals surface area contributed by atoms with E-state index in [4.69, 9.17) is 4.74 Å². The molecule has 20 heavy (non-hydrogen) atoms. The molecule has 0 atom stereocenters. The van der Waals surface area contributed by atoms with Crippen LogP contribution in [0.25, 0.3) is 0 Å². The second-order valence-electron chi connectivity index (χ2n) is 4.56. The molecule has 0 amide bonds. The molecule has 0 aliphatic carbocycles. The second kappa shape index (κ2) is 9.77. The van der Waals surface area contributed by atoms with Crippen molar-refractivity contribution >= 4 is 21.9 Å². The molecule has 1 N–H and O–H groups in total. The Morgan fingerprint density at radius 2 is 2.05 bits per heavy atom. The van der Waals surface area contributed by atoms with Crippen LogP contribution in [0.4, 0.5) is 0 Å². The zero-order valence-corrected chi connectivity index (χ0v) is 14.1. The highest BCUT2D eigenvalue weighted by atomic mass is 79.9. The fourth-order valence-electron chi connectivity index (χ4n) is 1.80. The average Bonchev–Trinajstić information content (AvgIpc) is 2.44. The van der Waals surface area contributed by atoms with E-state index in [1.165, 1.54) is 5.56 Å². The first kappa shape index (κ1) is 17.0. The van der Waals surface area contributed by atoms with Crippen molar-refractivity contribution in [1.82, 2.24) is 10.2 Å². The summed E-state index contributed by atoms with van der Waals surface area (Å²) < 4.78 is 6.14. The molecule has 0 aliphatic rings. The van der Waals surface area contributed by atoms with E-state index < -0.39 is 0 Å². The predicted molar refractivity (Wildman–Crippen MR) is 88.1 cm³/mol. The zero-order valence-electron chi connectivity index (χ0n) is 12.5. The van der Waals surface area contributed by atoms with Gasteiger partial charge in [0.25, 0.3) is 0 Å². The number of halogens is 1. The highest BCUT2D eigenvalue weighted by Gasteiger charge is 2.06. The van der Waals surface area contributed by atoms with E-state index in [0.717, 1.165) is 43.1 Å². The van der Waals surface area contributed by atoms with Gasteiger partial charge in [-0.05, 0) is 31.0 Å². The minimum Gasteiger partial charge on any atom is -0.385 e. The van der Waals surface area contributed by atoms with Crippen molar-refractivity contribution in [3.63, 3.8) is 0 Å². The maximum absolute atomic E-state index is 5.04. The first-order valence-corrected chi connectivity index (χ1v) is 7.69. The zero-order chi connectivity index (χ0) is 14.8. The van der Waals surface area contributed by atoms with Gasteiger partial charge in [-0.15, -0.1) is 0 Å². The van der Waals surface area contributed by atoms with Gasteiger partial charge in [0.1, 0.15) is 0 Å². The number of hydrogen-bond donors (Lipinski definition) is 1. The Hall–Kier alpha value is -1.07. The summed E-state index contributed by atoms with van der Waals surface area (Å²) in [5.74, 6) is 0.937. The van der Waals surface area contributed by atoms with Crippen LogP contribution in [0.15, 0.2) is 33.7 Å². The fraction of sp³-hybridized carbons (Fsp3) is 0.533. The van der Waals surface area contributed by atoms with Crippen LogP contribution in [0.5, 0.6) is 0 Å². The topological polar surface area (TPSA) is 36.9 Å². The molecule has 112 valence electrons. The summed E-state index contributed by atoms with van der Waals surface area (Å²) in [5, 5.41) is 3.32. The van der Waals surface area contributed by atoms with Crippen molar-refractivity contribution in [3.8, 4) is 0 Å². The van der Waals surface area contributed by atoms with E-state index in [9.17, 15) is 0 Å². The third kappa shape index (κ3) is 6.39. The molecule has 1 rings (SSSR count). The summed E-state index contributed by atoms with van der Waals surface area (Å²) in [4.78, 5) is 6.75. The van der Waals surface area contributed by atoms with Crippen LogP contribution in [0.1, 0.15) is 18.9 Å². The Kier molecular flexibility index (Phi) is 8.30. The number of ether oxygens (including phenoxy) is 1. The third-order valence-corrected chi connectivity index (χ3v) is 3.33. The molecule has 0 saturated carbocycles. The van der Waals surface area contributed by atoms with Gasteiger partial charge in [0.2, 0.25) is 0 Å². The maximum Gasteiger partial charge on any atom is 0.193 e. The Bertz CT molecular complexity index is 406. The maximum atomic E-state index is 5.04. The number of nitrogens with zero attached hydrogens (tertiary/aromatic N) is 2. The molecule has 0 aliphatic heterocycles. The van der Waals surface area contributed by atoms with Gasteiger partial charge in [-0.2, -0.15) is 0 Å². The number of guanidine groups is 1. The standard InChI is InChI=1S/C15H24BrN3O/c1-4-17-15(18-10-5-11-20-3)19(2)12-13-6-8-14(16)9-7-13/h6-9H,4-5,10-12H2,1-3H3,(H,17,18). The van der Waals surface area contributed by atoms with Gasteiger partial charge in [-0.3, -0.25) is 4.99 Å². The van der Waals surface area contributed by atoms with Gasteiger partial charge in [-0.1, -0.05) is 28.1 Å². The first-order chi connectivity index (χ1) is 9.67. The molecule has 0 heterocycles. The molecule has 0 bridgehead atoms. The lowest BCUT2D eigenvalue weighted by Crippen LogP contribution is -2.38. The van der Waals surface area contributed by atoms with Crippen molar-refractivity contribution in [2.45, 2.75) is 19.9 Å². The summed E-state index contributed by atoms with van der Waals surface area (Å²) >= 11 is 3.45. The van der Waals surface area contributed by atoms with Crippen LogP contribution >= 0.6 is 15.9 Å². The van der Waals surface area contributed by atoms with E-state index in [1.807, 2.05) is 0 Å². The minimum absolute atomic E-state index is 0.749. The molecule has 0 unspecified atom stereocenters. The molecular formula is C15H24BrN3O. The third-order valence-electron chi connectivity index (χ3n) is 2.80. The smallest absolute Gasteiger partial charge is 0.193 e. The van der Waals surface area contributed by atoms with E-state index in [2.05, 4.69) is 69.4 Å². The van der Waals surface area contributed by atoms with Crippen molar-refractivity contribution in [2.75, 3.05) is 33.9 Å². The summed E-state index contributed by atoms with van der Waals surface area (Å²) in [6, 6.07) is 8.36. The molecule has 0 spiro atoms. The SMILES string of the molecule is CCNC(=NCCCOC)N(C)Cc1ccc(Br)cc1. The monoisotopic (exact) mass is 341 g/mol. The molecule has 1 aromatic rings. The number of hydrogen-bond acceptors (Lipinski definition) is 2. The van der Waals surface area contributed by atoms with Gasteiger partial charge in [0.05, 0.1) is 0 Å². The molecule has 0 radical (unpaired) electrons. The summed E-state index contributed by atoms with van der Waals surface area (Å²) in [6.45, 7) is 5.31. The predicted octanol–water partition coefficient (Wildman–Crippen LogP) is 2.88. The minimum atomic E-state index is 0.749. The van der Waals surface area contributed by atoms with Gasteiger partial charge in [0, 0.05) is 44.9 Å². The van der Waals surface area contributed by atoms with E-state index in [-0.39, 0.29) is 0 Å². The van der Waals surface area contributed by atoms with Gasteiger partial charge >= 0.3 is 0 Å². The van der Waals surface area contributed by atoms with Crippen LogP contribution in [0.2, 0.25) is 0 Å². The van der Waals surface area contributed by atoms with Crippen molar-refractivity contribution in [1.29, 1.82) is 0 Å². The quantitative estimate of drug-likeness (QED) is 0.470. The fourth-order valence-corrected chi connectivity index (χ4v) is 2.07. The number of benzene rings is 1. The Balaban J connectivity index is 2.58. The van der Waals surface area contributed by atoms with Gasteiger partial charge < -0.3 is 15.0 Å². The first-order valence-electron chi connectivity index (χ1n) is 6.90. The highest BCUT2D eigenvalue weighted by Crippen LogP contribution is 2.11. The van der Waals surface area contributed by atoms with Crippen molar-refractivity contribution < 1.29 is 4.74 Å². The van der Waals surface area contributed by atoms with Crippen LogP contribution in [-0.4, -0.2) is 44.7 Å². The summed E-state index contributed by atoms with van der Waals surface area (Å²) in [7, 11) is 3.77. The molecule has 4 nitrogen and oxygen atoms in total. The van der Waals surface area contributed by atoms with E-state index in [0.29, 0.717) is 0 Å². The lowest BCUT2D eigenvalue weighted by molar-refractivity contribution is 0.197. The van der Waals surface area contributed by atoms with Crippen molar-refractivity contribution in [2.24, 2.45) is 4.99 Å². The van der Waals surface area contributed by atoms with Crippen LogP contribution in [-0.2, 0) is 11.3 Å².